The molecule has 0 radical (unpaired) electrons. The molecule has 0 fully saturated rings. The van der Waals surface area contributed by atoms with Gasteiger partial charge in [-0.3, -0.25) is 29.1 Å². The lowest BCUT2D eigenvalue weighted by atomic mass is 9.90. The summed E-state index contributed by atoms with van der Waals surface area (Å²) in [6, 6.07) is 28.8. The Morgan fingerprint density at radius 2 is 0.919 bits per heavy atom. The van der Waals surface area contributed by atoms with Crippen LogP contribution in [0.5, 0.6) is 11.5 Å². The monoisotopic (exact) mass is 1030 g/mol. The van der Waals surface area contributed by atoms with Crippen LogP contribution in [0, 0.1) is 10.8 Å². The molecule has 0 saturated carbocycles. The summed E-state index contributed by atoms with van der Waals surface area (Å²) < 4.78 is 16.1. The van der Waals surface area contributed by atoms with E-state index in [2.05, 4.69) is 20.6 Å². The number of nitrogens with zero attached hydrogens (tertiary/aromatic N) is 2. The zero-order chi connectivity index (χ0) is 54.3. The topological polar surface area (TPSA) is 200 Å². The van der Waals surface area contributed by atoms with Crippen molar-refractivity contribution in [2.45, 2.75) is 126 Å². The Bertz CT molecular complexity index is 2860. The Kier molecular flexibility index (Phi) is 22.0. The molecule has 2 amide bonds. The number of ketones is 2. The maximum atomic E-state index is 13.5. The number of alkyl carbamates (subject to hydrolysis) is 2. The van der Waals surface area contributed by atoms with Gasteiger partial charge in [-0.1, -0.05) is 88.9 Å². The van der Waals surface area contributed by atoms with E-state index in [0.29, 0.717) is 11.3 Å². The van der Waals surface area contributed by atoms with E-state index < -0.39 is 40.6 Å². The molecule has 0 aliphatic carbocycles. The van der Waals surface area contributed by atoms with Gasteiger partial charge < -0.3 is 30.0 Å². The number of esters is 1. The predicted octanol–water partition coefficient (Wildman–Crippen LogP) is 12.4. The number of pyridine rings is 2. The molecule has 6 rings (SSSR count). The van der Waals surface area contributed by atoms with Crippen molar-refractivity contribution in [3.63, 3.8) is 0 Å². The van der Waals surface area contributed by atoms with Crippen molar-refractivity contribution in [3.8, 4) is 11.5 Å². The van der Waals surface area contributed by atoms with E-state index in [4.69, 9.17) is 25.8 Å². The second-order valence-electron chi connectivity index (χ2n) is 21.6. The van der Waals surface area contributed by atoms with Gasteiger partial charge in [0.1, 0.15) is 34.3 Å². The number of hydrogen-bond acceptors (Lipinski definition) is 12. The van der Waals surface area contributed by atoms with Crippen LogP contribution in [0.3, 0.4) is 0 Å². The number of halogens is 1. The van der Waals surface area contributed by atoms with Gasteiger partial charge in [0.25, 0.3) is 0 Å². The smallest absolute Gasteiger partial charge is 0.407 e. The summed E-state index contributed by atoms with van der Waals surface area (Å²) in [6.45, 7) is 21.6. The van der Waals surface area contributed by atoms with Gasteiger partial charge in [0.2, 0.25) is 5.24 Å². The zero-order valence-electron chi connectivity index (χ0n) is 43.9. The minimum absolute atomic E-state index is 0. The van der Waals surface area contributed by atoms with E-state index in [1.54, 1.807) is 144 Å². The number of aromatic hydroxyl groups is 1. The van der Waals surface area contributed by atoms with Crippen LogP contribution in [-0.2, 0) is 41.5 Å². The zero-order valence-corrected chi connectivity index (χ0v) is 44.7. The molecule has 2 atom stereocenters. The van der Waals surface area contributed by atoms with E-state index in [9.17, 15) is 33.9 Å². The summed E-state index contributed by atoms with van der Waals surface area (Å²) >= 11 is 5.11. The largest absolute Gasteiger partial charge is 0.508 e. The molecule has 0 saturated heterocycles. The van der Waals surface area contributed by atoms with Crippen molar-refractivity contribution in [2.75, 3.05) is 13.1 Å². The molecule has 6 aromatic rings. The molecule has 0 aliphatic rings. The molecule has 15 heteroatoms. The number of nitrogens with one attached hydrogen (secondary N) is 2. The molecule has 74 heavy (non-hydrogen) atoms. The molecule has 2 aromatic heterocycles. The normalized spacial score (nSPS) is 12.2. The third-order valence-corrected chi connectivity index (χ3v) is 11.2. The lowest BCUT2D eigenvalue weighted by Crippen LogP contribution is -2.36. The number of fused-ring (bicyclic) bond motifs is 2. The summed E-state index contributed by atoms with van der Waals surface area (Å²) in [5, 5.41) is 18.7. The molecule has 14 nitrogen and oxygen atoms in total. The van der Waals surface area contributed by atoms with Gasteiger partial charge in [0, 0.05) is 66.9 Å². The van der Waals surface area contributed by atoms with Crippen molar-refractivity contribution in [1.82, 2.24) is 20.6 Å². The number of hydrogen-bond donors (Lipinski definition) is 3. The standard InChI is InChI=1S/C29H34N2O5.C24H26N2O4.C5H9ClO.CH4/c1-28(2,3)26(33)35-23-11-9-20(10-12-23)24(18-31-27(34)36-29(4,5)6)25(32)16-19-7-8-22-17-30-14-13-21(22)15-19;1-24(2,3)30-23(29)26-15-21(17-6-8-20(27)9-7-17)22(28)13-16-4-5-19-14-25-11-10-18(19)12-16;1-5(2,3)4(6)7;/h7-15,17,24H,16,18H2,1-6H3,(H,31,34);4-12,14,21,27H,13,15H2,1-3H3,(H,26,29);1-3H3;1H4. The van der Waals surface area contributed by atoms with Crippen molar-refractivity contribution < 1.29 is 48.1 Å². The van der Waals surface area contributed by atoms with Gasteiger partial charge in [-0.15, -0.1) is 0 Å². The van der Waals surface area contributed by atoms with Gasteiger partial charge in [0.15, 0.2) is 0 Å². The van der Waals surface area contributed by atoms with E-state index >= 15 is 0 Å². The van der Waals surface area contributed by atoms with Gasteiger partial charge >= 0.3 is 18.2 Å². The van der Waals surface area contributed by atoms with Crippen LogP contribution in [0.15, 0.2) is 122 Å². The van der Waals surface area contributed by atoms with Crippen molar-refractivity contribution in [2.24, 2.45) is 10.8 Å². The molecular weight excluding hydrogens is 960 g/mol. The predicted molar refractivity (Wildman–Crippen MR) is 292 cm³/mol. The number of carbonyl (C=O) groups is 6. The van der Waals surface area contributed by atoms with Crippen LogP contribution in [0.2, 0.25) is 0 Å². The van der Waals surface area contributed by atoms with E-state index in [1.807, 2.05) is 48.5 Å². The quantitative estimate of drug-likeness (QED) is 0.0562. The summed E-state index contributed by atoms with van der Waals surface area (Å²) in [6.07, 6.45) is 6.26. The summed E-state index contributed by atoms with van der Waals surface area (Å²) in [5.74, 6) is -1.10. The molecule has 0 aliphatic heterocycles. The Morgan fingerprint density at radius 1 is 0.541 bits per heavy atom. The van der Waals surface area contributed by atoms with Crippen molar-refractivity contribution >= 4 is 68.1 Å². The highest BCUT2D eigenvalue weighted by Gasteiger charge is 2.27. The maximum Gasteiger partial charge on any atom is 0.407 e. The number of ether oxygens (including phenoxy) is 3. The van der Waals surface area contributed by atoms with Crippen LogP contribution >= 0.6 is 11.6 Å². The maximum absolute atomic E-state index is 13.5. The fourth-order valence-corrected chi connectivity index (χ4v) is 6.70. The second-order valence-corrected chi connectivity index (χ2v) is 21.9. The number of phenols is 1. The number of amides is 2. The van der Waals surface area contributed by atoms with Gasteiger partial charge in [-0.2, -0.15) is 0 Å². The van der Waals surface area contributed by atoms with E-state index in [-0.39, 0.29) is 67.3 Å². The molecule has 0 bridgehead atoms. The summed E-state index contributed by atoms with van der Waals surface area (Å²) in [4.78, 5) is 81.7. The van der Waals surface area contributed by atoms with Gasteiger partial charge in [-0.05, 0) is 143 Å². The summed E-state index contributed by atoms with van der Waals surface area (Å²) in [5.41, 5.74) is 0.905. The highest BCUT2D eigenvalue weighted by molar-refractivity contribution is 6.64. The first-order valence-corrected chi connectivity index (χ1v) is 24.3. The number of Topliss-reactive ketones (excluding diaryl/α,β-unsaturated/α-hetero) is 2. The molecule has 4 aromatic carbocycles. The van der Waals surface area contributed by atoms with Crippen molar-refractivity contribution in [1.29, 1.82) is 0 Å². The Hall–Kier alpha value is -7.19. The number of phenolic OH excluding ortho intramolecular Hbond substituents is 1. The van der Waals surface area contributed by atoms with E-state index in [1.165, 1.54) is 12.1 Å². The molecule has 396 valence electrons. The third-order valence-electron chi connectivity index (χ3n) is 10.6. The fraction of sp³-hybridized carbons (Fsp3) is 0.390. The average Bonchev–Trinajstić information content (AvgIpc) is 3.29. The average molecular weight is 1030 g/mol. The molecule has 2 unspecified atom stereocenters. The molecule has 2 heterocycles. The number of benzene rings is 4. The highest BCUT2D eigenvalue weighted by Crippen LogP contribution is 2.27. The first kappa shape index (κ1) is 61.1. The van der Waals surface area contributed by atoms with Gasteiger partial charge in [0.05, 0.1) is 17.3 Å². The Labute approximate surface area is 441 Å². The Morgan fingerprint density at radius 3 is 1.27 bits per heavy atom. The third kappa shape index (κ3) is 20.7. The van der Waals surface area contributed by atoms with Gasteiger partial charge in [-0.25, -0.2) is 9.59 Å². The minimum atomic E-state index is -0.651. The van der Waals surface area contributed by atoms with Crippen LogP contribution in [0.1, 0.15) is 125 Å². The number of rotatable bonds is 13. The number of aromatic nitrogens is 2. The summed E-state index contributed by atoms with van der Waals surface area (Å²) in [7, 11) is 0. The lowest BCUT2D eigenvalue weighted by Gasteiger charge is -2.22. The van der Waals surface area contributed by atoms with Crippen LogP contribution in [-0.4, -0.2) is 74.3 Å². The van der Waals surface area contributed by atoms with Crippen molar-refractivity contribution in [3.05, 3.63) is 144 Å². The lowest BCUT2D eigenvalue weighted by molar-refractivity contribution is -0.143. The Balaban J connectivity index is 0.000000345. The second kappa shape index (κ2) is 26.7. The van der Waals surface area contributed by atoms with Crippen LogP contribution < -0.4 is 15.4 Å². The van der Waals surface area contributed by atoms with Crippen LogP contribution in [0.4, 0.5) is 9.59 Å². The van der Waals surface area contributed by atoms with Crippen LogP contribution in [0.25, 0.3) is 21.5 Å². The molecule has 3 N–H and O–H groups in total. The SMILES string of the molecule is C.CC(C)(C)C(=O)Cl.CC(C)(C)OC(=O)NCC(C(=O)Cc1ccc2cnccc2c1)c1ccc(O)cc1.CC(C)(C)OC(=O)NCC(C(=O)Cc1ccc2cnccc2c1)c1ccc(OC(=O)C(C)(C)C)cc1. The highest BCUT2D eigenvalue weighted by atomic mass is 35.5. The van der Waals surface area contributed by atoms with E-state index in [0.717, 1.165) is 38.2 Å². The molecule has 0 spiro atoms. The minimum Gasteiger partial charge on any atom is -0.508 e. The first-order chi connectivity index (χ1) is 34.0. The first-order valence-electron chi connectivity index (χ1n) is 23.9. The molecular formula is C59H73ClN4O10. The fourth-order valence-electron chi connectivity index (χ4n) is 6.70. The number of carbonyl (C=O) groups excluding carboxylic acids is 6.